The molecule has 1 aliphatic rings. The van der Waals surface area contributed by atoms with Gasteiger partial charge < -0.3 is 14.8 Å². The second kappa shape index (κ2) is 7.67. The fourth-order valence-corrected chi connectivity index (χ4v) is 3.50. The number of rotatable bonds is 5. The lowest BCUT2D eigenvalue weighted by molar-refractivity contribution is -0.131. The Labute approximate surface area is 162 Å². The minimum atomic E-state index is -3.52. The molecule has 1 aliphatic heterocycles. The van der Waals surface area contributed by atoms with Crippen LogP contribution in [0.15, 0.2) is 36.4 Å². The van der Waals surface area contributed by atoms with E-state index in [1.54, 1.807) is 38.1 Å². The lowest BCUT2D eigenvalue weighted by Gasteiger charge is -2.27. The molecule has 0 bridgehead atoms. The van der Waals surface area contributed by atoms with Crippen LogP contribution in [0.3, 0.4) is 0 Å². The van der Waals surface area contributed by atoms with E-state index in [9.17, 15) is 17.6 Å². The Kier molecular flexibility index (Phi) is 5.46. The Morgan fingerprint density at radius 2 is 1.93 bits per heavy atom. The van der Waals surface area contributed by atoms with Gasteiger partial charge in [0.05, 0.1) is 18.0 Å². The van der Waals surface area contributed by atoms with Crippen molar-refractivity contribution in [2.75, 3.05) is 17.6 Å². The number of aryl methyl sites for hydroxylation is 1. The fraction of sp³-hybridized carbons (Fsp3) is 0.316. The van der Waals surface area contributed by atoms with Gasteiger partial charge in [0, 0.05) is 5.56 Å². The van der Waals surface area contributed by atoms with Gasteiger partial charge in [-0.05, 0) is 43.7 Å². The first kappa shape index (κ1) is 19.9. The van der Waals surface area contributed by atoms with Crippen LogP contribution >= 0.6 is 0 Å². The number of anilines is 1. The highest BCUT2D eigenvalue weighted by molar-refractivity contribution is 7.92. The SMILES string of the molecule is Cc1cc([C@@H](C)NC(=O)[C@H]2COc3ccccc3O2)c(F)cc1NS(C)(=O)=O. The Hall–Kier alpha value is -2.81. The third-order valence-electron chi connectivity index (χ3n) is 4.27. The molecule has 3 rings (SSSR count). The zero-order valence-corrected chi connectivity index (χ0v) is 16.5. The summed E-state index contributed by atoms with van der Waals surface area (Å²) in [5.74, 6) is -0.0249. The lowest BCUT2D eigenvalue weighted by Crippen LogP contribution is -2.44. The number of nitrogens with one attached hydrogen (secondary N) is 2. The molecule has 2 N–H and O–H groups in total. The quantitative estimate of drug-likeness (QED) is 0.793. The first-order chi connectivity index (χ1) is 13.1. The molecule has 150 valence electrons. The minimum absolute atomic E-state index is 0.0499. The van der Waals surface area contributed by atoms with E-state index in [1.807, 2.05) is 0 Å². The molecule has 1 heterocycles. The molecule has 2 aromatic rings. The van der Waals surface area contributed by atoms with Crippen molar-refractivity contribution in [2.45, 2.75) is 26.0 Å². The molecule has 28 heavy (non-hydrogen) atoms. The van der Waals surface area contributed by atoms with E-state index in [1.165, 1.54) is 6.07 Å². The smallest absolute Gasteiger partial charge is 0.265 e. The van der Waals surface area contributed by atoms with Crippen LogP contribution in [0.1, 0.15) is 24.1 Å². The first-order valence-corrected chi connectivity index (χ1v) is 10.5. The van der Waals surface area contributed by atoms with E-state index in [-0.39, 0.29) is 17.9 Å². The normalized spacial score (nSPS) is 16.9. The predicted molar refractivity (Wildman–Crippen MR) is 103 cm³/mol. The van der Waals surface area contributed by atoms with Crippen LogP contribution in [0.4, 0.5) is 10.1 Å². The first-order valence-electron chi connectivity index (χ1n) is 8.61. The molecule has 9 heteroatoms. The maximum atomic E-state index is 14.5. The molecule has 0 saturated heterocycles. The van der Waals surface area contributed by atoms with E-state index in [0.29, 0.717) is 17.1 Å². The molecular weight excluding hydrogens is 387 g/mol. The molecular formula is C19H21FN2O5S. The fourth-order valence-electron chi connectivity index (χ4n) is 2.88. The lowest BCUT2D eigenvalue weighted by atomic mass is 10.0. The predicted octanol–water partition coefficient (Wildman–Crippen LogP) is 2.52. The topological polar surface area (TPSA) is 93.7 Å². The van der Waals surface area contributed by atoms with E-state index in [4.69, 9.17) is 9.47 Å². The Bertz CT molecular complexity index is 1010. The number of ether oxygens (including phenoxy) is 2. The number of carbonyl (C=O) groups is 1. The van der Waals surface area contributed by atoms with Crippen LogP contribution in [0.25, 0.3) is 0 Å². The van der Waals surface area contributed by atoms with Crippen molar-refractivity contribution in [1.29, 1.82) is 0 Å². The third-order valence-corrected chi connectivity index (χ3v) is 4.86. The van der Waals surface area contributed by atoms with Crippen LogP contribution in [-0.2, 0) is 14.8 Å². The summed E-state index contributed by atoms with van der Waals surface area (Å²) in [7, 11) is -3.52. The number of sulfonamides is 1. The summed E-state index contributed by atoms with van der Waals surface area (Å²) < 4.78 is 50.7. The zero-order chi connectivity index (χ0) is 20.5. The molecule has 0 unspecified atom stereocenters. The number of carbonyl (C=O) groups excluding carboxylic acids is 1. The highest BCUT2D eigenvalue weighted by Crippen LogP contribution is 2.31. The molecule has 0 spiro atoms. The van der Waals surface area contributed by atoms with Crippen LogP contribution in [0, 0.1) is 12.7 Å². The largest absolute Gasteiger partial charge is 0.485 e. The number of fused-ring (bicyclic) bond motifs is 1. The van der Waals surface area contributed by atoms with Crippen molar-refractivity contribution < 1.29 is 27.1 Å². The van der Waals surface area contributed by atoms with Crippen molar-refractivity contribution in [3.8, 4) is 11.5 Å². The molecule has 2 atom stereocenters. The van der Waals surface area contributed by atoms with Gasteiger partial charge in [0.15, 0.2) is 11.5 Å². The van der Waals surface area contributed by atoms with Gasteiger partial charge in [-0.2, -0.15) is 0 Å². The van der Waals surface area contributed by atoms with Crippen molar-refractivity contribution in [1.82, 2.24) is 5.32 Å². The molecule has 0 saturated carbocycles. The van der Waals surface area contributed by atoms with Crippen molar-refractivity contribution >= 4 is 21.6 Å². The number of para-hydroxylation sites is 2. The van der Waals surface area contributed by atoms with Gasteiger partial charge in [-0.25, -0.2) is 12.8 Å². The van der Waals surface area contributed by atoms with E-state index >= 15 is 0 Å². The van der Waals surface area contributed by atoms with E-state index in [0.717, 1.165) is 12.3 Å². The highest BCUT2D eigenvalue weighted by atomic mass is 32.2. The number of halogens is 1. The van der Waals surface area contributed by atoms with Gasteiger partial charge in [-0.1, -0.05) is 12.1 Å². The monoisotopic (exact) mass is 408 g/mol. The van der Waals surface area contributed by atoms with Crippen molar-refractivity contribution in [2.24, 2.45) is 0 Å². The van der Waals surface area contributed by atoms with Crippen LogP contribution in [-0.4, -0.2) is 33.3 Å². The molecule has 1 amide bonds. The Morgan fingerprint density at radius 3 is 2.61 bits per heavy atom. The summed E-state index contributed by atoms with van der Waals surface area (Å²) in [5, 5.41) is 2.71. The van der Waals surface area contributed by atoms with Crippen LogP contribution in [0.5, 0.6) is 11.5 Å². The molecule has 0 radical (unpaired) electrons. The zero-order valence-electron chi connectivity index (χ0n) is 15.7. The molecule has 0 aromatic heterocycles. The molecule has 0 fully saturated rings. The molecule has 0 aliphatic carbocycles. The summed E-state index contributed by atoms with van der Waals surface area (Å²) in [5.41, 5.74) is 0.930. The third kappa shape index (κ3) is 4.53. The summed E-state index contributed by atoms with van der Waals surface area (Å²) in [4.78, 5) is 12.5. The van der Waals surface area contributed by atoms with Gasteiger partial charge in [0.2, 0.25) is 16.1 Å². The summed E-state index contributed by atoms with van der Waals surface area (Å²) >= 11 is 0. The Morgan fingerprint density at radius 1 is 1.25 bits per heavy atom. The van der Waals surface area contributed by atoms with Gasteiger partial charge >= 0.3 is 0 Å². The number of amides is 1. The maximum Gasteiger partial charge on any atom is 0.265 e. The second-order valence-electron chi connectivity index (χ2n) is 6.66. The summed E-state index contributed by atoms with van der Waals surface area (Å²) in [6.45, 7) is 3.34. The van der Waals surface area contributed by atoms with Gasteiger partial charge in [0.1, 0.15) is 12.4 Å². The summed E-state index contributed by atoms with van der Waals surface area (Å²) in [6, 6.07) is 8.98. The average Bonchev–Trinajstić information content (AvgIpc) is 2.62. The van der Waals surface area contributed by atoms with Crippen LogP contribution in [0.2, 0.25) is 0 Å². The second-order valence-corrected chi connectivity index (χ2v) is 8.41. The van der Waals surface area contributed by atoms with Crippen LogP contribution < -0.4 is 19.5 Å². The molecule has 7 nitrogen and oxygen atoms in total. The van der Waals surface area contributed by atoms with E-state index < -0.39 is 33.9 Å². The number of hydrogen-bond acceptors (Lipinski definition) is 5. The van der Waals surface area contributed by atoms with Gasteiger partial charge in [-0.3, -0.25) is 9.52 Å². The van der Waals surface area contributed by atoms with Crippen molar-refractivity contribution in [3.63, 3.8) is 0 Å². The summed E-state index contributed by atoms with van der Waals surface area (Å²) in [6.07, 6.45) is 0.138. The number of hydrogen-bond donors (Lipinski definition) is 2. The number of benzene rings is 2. The van der Waals surface area contributed by atoms with E-state index in [2.05, 4.69) is 10.0 Å². The average molecular weight is 408 g/mol. The Balaban J connectivity index is 1.72. The van der Waals surface area contributed by atoms with Gasteiger partial charge in [-0.15, -0.1) is 0 Å². The minimum Gasteiger partial charge on any atom is -0.485 e. The van der Waals surface area contributed by atoms with Gasteiger partial charge in [0.25, 0.3) is 5.91 Å². The molecule has 2 aromatic carbocycles. The highest BCUT2D eigenvalue weighted by Gasteiger charge is 2.29. The standard InChI is InChI=1S/C19H21FN2O5S/c1-11-8-13(14(20)9-15(11)22-28(3,24)25)12(2)21-19(23)18-10-26-16-6-4-5-7-17(16)27-18/h4-9,12,18,22H,10H2,1-3H3,(H,21,23)/t12-,18-/m1/s1. The maximum absolute atomic E-state index is 14.5. The van der Waals surface area contributed by atoms with Crippen molar-refractivity contribution in [3.05, 3.63) is 53.3 Å².